The zero-order valence-corrected chi connectivity index (χ0v) is 29.6. The van der Waals surface area contributed by atoms with Crippen molar-refractivity contribution in [3.63, 3.8) is 0 Å². The maximum absolute atomic E-state index is 4.73. The highest BCUT2D eigenvalue weighted by Gasteiger charge is 2.36. The minimum Gasteiger partial charge on any atom is -0.252 e. The molecule has 2 nitrogen and oxygen atoms in total. The van der Waals surface area contributed by atoms with Gasteiger partial charge in [-0.3, -0.25) is 9.97 Å². The third kappa shape index (κ3) is 4.23. The Bertz CT molecular complexity index is 3060. The van der Waals surface area contributed by atoms with Crippen LogP contribution in [0.15, 0.2) is 158 Å². The van der Waals surface area contributed by atoms with E-state index >= 15 is 0 Å². The van der Waals surface area contributed by atoms with Crippen LogP contribution in [0.1, 0.15) is 25.0 Å². The van der Waals surface area contributed by atoms with Gasteiger partial charge in [0.15, 0.2) is 0 Å². The van der Waals surface area contributed by atoms with Crippen molar-refractivity contribution in [3.8, 4) is 44.5 Å². The van der Waals surface area contributed by atoms with E-state index in [1.165, 1.54) is 86.6 Å². The molecule has 0 N–H and O–H groups in total. The summed E-state index contributed by atoms with van der Waals surface area (Å²) in [5, 5.41) is 7.36. The summed E-state index contributed by atoms with van der Waals surface area (Å²) in [6.07, 6.45) is 3.56. The Morgan fingerprint density at radius 3 is 1.67 bits per heavy atom. The van der Waals surface area contributed by atoms with Crippen molar-refractivity contribution in [2.45, 2.75) is 19.3 Å². The second-order valence-corrected chi connectivity index (χ2v) is 15.6. The molecule has 244 valence electrons. The fraction of sp³-hybridized carbons (Fsp3) is 0.0612. The molecule has 52 heavy (non-hydrogen) atoms. The molecule has 10 aromatic rings. The largest absolute Gasteiger partial charge is 0.252 e. The Hall–Kier alpha value is -6.16. The molecule has 0 fully saturated rings. The molecule has 0 aliphatic heterocycles. The zero-order valence-electron chi connectivity index (χ0n) is 28.8. The fourth-order valence-electron chi connectivity index (χ4n) is 8.72. The maximum atomic E-state index is 4.73. The van der Waals surface area contributed by atoms with Crippen LogP contribution in [0.5, 0.6) is 0 Å². The van der Waals surface area contributed by atoms with E-state index in [9.17, 15) is 0 Å². The second kappa shape index (κ2) is 10.9. The monoisotopic (exact) mass is 680 g/mol. The minimum absolute atomic E-state index is 0.118. The average Bonchev–Trinajstić information content (AvgIpc) is 3.69. The molecule has 8 aromatic carbocycles. The number of fused-ring (bicyclic) bond motifs is 12. The summed E-state index contributed by atoms with van der Waals surface area (Å²) in [5.74, 6) is 0. The van der Waals surface area contributed by atoms with Crippen LogP contribution in [0, 0.1) is 0 Å². The number of hydrogen-bond donors (Lipinski definition) is 0. The quantitative estimate of drug-likeness (QED) is 0.174. The van der Waals surface area contributed by atoms with Gasteiger partial charge in [0, 0.05) is 48.8 Å². The summed E-state index contributed by atoms with van der Waals surface area (Å²) >= 11 is 1.90. The Labute approximate surface area is 305 Å². The molecule has 2 heterocycles. The number of hydrogen-bond acceptors (Lipinski definition) is 3. The lowest BCUT2D eigenvalue weighted by Crippen LogP contribution is -2.15. The third-order valence-electron chi connectivity index (χ3n) is 11.4. The van der Waals surface area contributed by atoms with E-state index in [4.69, 9.17) is 9.97 Å². The van der Waals surface area contributed by atoms with Gasteiger partial charge in [-0.15, -0.1) is 11.3 Å². The lowest BCUT2D eigenvalue weighted by Gasteiger charge is -2.23. The van der Waals surface area contributed by atoms with Gasteiger partial charge in [-0.05, 0) is 90.7 Å². The number of thiophene rings is 1. The Morgan fingerprint density at radius 1 is 0.404 bits per heavy atom. The van der Waals surface area contributed by atoms with Crippen molar-refractivity contribution in [2.75, 3.05) is 0 Å². The van der Waals surface area contributed by atoms with Gasteiger partial charge in [0.25, 0.3) is 0 Å². The molecule has 0 radical (unpaired) electrons. The molecule has 1 aliphatic rings. The van der Waals surface area contributed by atoms with Crippen molar-refractivity contribution in [3.05, 3.63) is 169 Å². The number of nitrogens with zero attached hydrogens (tertiary/aromatic N) is 2. The molecular weight excluding hydrogens is 649 g/mol. The molecule has 0 saturated heterocycles. The van der Waals surface area contributed by atoms with Crippen LogP contribution in [0.4, 0.5) is 0 Å². The van der Waals surface area contributed by atoms with Crippen LogP contribution in [0.3, 0.4) is 0 Å². The predicted octanol–water partition coefficient (Wildman–Crippen LogP) is 13.6. The first-order chi connectivity index (χ1) is 25.5. The molecule has 0 atom stereocenters. The Kier molecular flexibility index (Phi) is 6.21. The number of benzene rings is 8. The molecule has 2 aromatic heterocycles. The number of rotatable bonds is 3. The SMILES string of the molecule is CC1(C)c2cc(-c3ccc(-c4ccc5c(c4)c4ccccc4c4nccnc54)cc3)ccc2-c2ccc(-c3cccc4c3sc3ccccc34)cc21. The third-order valence-corrected chi connectivity index (χ3v) is 12.6. The van der Waals surface area contributed by atoms with E-state index in [1.807, 2.05) is 11.3 Å². The highest BCUT2D eigenvalue weighted by molar-refractivity contribution is 7.26. The molecule has 0 saturated carbocycles. The van der Waals surface area contributed by atoms with Crippen molar-refractivity contribution in [1.82, 2.24) is 9.97 Å². The first-order valence-corrected chi connectivity index (χ1v) is 18.7. The van der Waals surface area contributed by atoms with Gasteiger partial charge < -0.3 is 0 Å². The van der Waals surface area contributed by atoms with E-state index in [2.05, 4.69) is 159 Å². The van der Waals surface area contributed by atoms with Crippen molar-refractivity contribution < 1.29 is 0 Å². The van der Waals surface area contributed by atoms with Crippen LogP contribution in [-0.4, -0.2) is 9.97 Å². The van der Waals surface area contributed by atoms with Gasteiger partial charge >= 0.3 is 0 Å². The van der Waals surface area contributed by atoms with E-state index in [0.717, 1.165) is 21.8 Å². The highest BCUT2D eigenvalue weighted by Crippen LogP contribution is 2.51. The van der Waals surface area contributed by atoms with Crippen molar-refractivity contribution >= 4 is 64.1 Å². The zero-order chi connectivity index (χ0) is 34.6. The van der Waals surface area contributed by atoms with Crippen molar-refractivity contribution in [1.29, 1.82) is 0 Å². The van der Waals surface area contributed by atoms with Crippen LogP contribution in [-0.2, 0) is 5.41 Å². The molecule has 0 amide bonds. The van der Waals surface area contributed by atoms with Crippen LogP contribution < -0.4 is 0 Å². The predicted molar refractivity (Wildman–Crippen MR) is 221 cm³/mol. The van der Waals surface area contributed by atoms with Crippen LogP contribution in [0.2, 0.25) is 0 Å². The summed E-state index contributed by atoms with van der Waals surface area (Å²) in [5.41, 5.74) is 14.7. The molecule has 0 unspecified atom stereocenters. The first kappa shape index (κ1) is 29.6. The lowest BCUT2D eigenvalue weighted by molar-refractivity contribution is 0.661. The van der Waals surface area contributed by atoms with E-state index in [0.29, 0.717) is 0 Å². The molecule has 1 aliphatic carbocycles. The first-order valence-electron chi connectivity index (χ1n) is 17.9. The van der Waals surface area contributed by atoms with E-state index in [-0.39, 0.29) is 5.41 Å². The fourth-order valence-corrected chi connectivity index (χ4v) is 9.96. The summed E-state index contributed by atoms with van der Waals surface area (Å²) in [7, 11) is 0. The molecule has 3 heteroatoms. The topological polar surface area (TPSA) is 25.8 Å². The molecule has 0 bridgehead atoms. The van der Waals surface area contributed by atoms with Gasteiger partial charge in [-0.1, -0.05) is 135 Å². The van der Waals surface area contributed by atoms with Crippen LogP contribution in [0.25, 0.3) is 97.3 Å². The molecule has 0 spiro atoms. The van der Waals surface area contributed by atoms with E-state index in [1.54, 1.807) is 12.4 Å². The summed E-state index contributed by atoms with van der Waals surface area (Å²) in [4.78, 5) is 9.42. The number of aromatic nitrogens is 2. The van der Waals surface area contributed by atoms with Gasteiger partial charge in [0.05, 0.1) is 11.0 Å². The van der Waals surface area contributed by atoms with Crippen LogP contribution >= 0.6 is 11.3 Å². The van der Waals surface area contributed by atoms with E-state index < -0.39 is 0 Å². The summed E-state index contributed by atoms with van der Waals surface area (Å²) in [6.45, 7) is 4.76. The van der Waals surface area contributed by atoms with Gasteiger partial charge in [0.1, 0.15) is 0 Å². The summed E-state index contributed by atoms with van der Waals surface area (Å²) < 4.78 is 2.71. The van der Waals surface area contributed by atoms with Gasteiger partial charge in [-0.25, -0.2) is 0 Å². The maximum Gasteiger partial charge on any atom is 0.0971 e. The Morgan fingerprint density at radius 2 is 0.942 bits per heavy atom. The smallest absolute Gasteiger partial charge is 0.0971 e. The molecule has 11 rings (SSSR count). The lowest BCUT2D eigenvalue weighted by atomic mass is 9.80. The van der Waals surface area contributed by atoms with Gasteiger partial charge in [-0.2, -0.15) is 0 Å². The Balaban J connectivity index is 0.948. The highest BCUT2D eigenvalue weighted by atomic mass is 32.1. The average molecular weight is 681 g/mol. The summed E-state index contributed by atoms with van der Waals surface area (Å²) in [6, 6.07) is 54.0. The molecular formula is C49H32N2S. The van der Waals surface area contributed by atoms with Crippen molar-refractivity contribution in [2.24, 2.45) is 0 Å². The normalized spacial score (nSPS) is 13.3. The second-order valence-electron chi connectivity index (χ2n) is 14.6. The van der Waals surface area contributed by atoms with Gasteiger partial charge in [0.2, 0.25) is 0 Å². The standard InChI is InChI=1S/C49H32N2S/c1-49(2)43-27-32(18-21-36(43)37-22-20-33(28-44(37)49)34-11-7-12-41-38-9-5-6-13-45(38)52-48(34)41)30-16-14-29(15-17-30)31-19-23-40-42(26-31)35-8-3-4-10-39(35)46-47(40)51-25-24-50-46/h3-28H,1-2H3. The minimum atomic E-state index is -0.118.